The van der Waals surface area contributed by atoms with Gasteiger partial charge in [0.2, 0.25) is 0 Å². The Kier molecular flexibility index (Phi) is 3.87. The van der Waals surface area contributed by atoms with Gasteiger partial charge in [-0.25, -0.2) is 9.78 Å². The van der Waals surface area contributed by atoms with Gasteiger partial charge >= 0.3 is 5.97 Å². The van der Waals surface area contributed by atoms with E-state index in [4.69, 9.17) is 5.11 Å². The minimum atomic E-state index is -0.932. The first kappa shape index (κ1) is 12.9. The Labute approximate surface area is 110 Å². The molecule has 1 heterocycles. The predicted molar refractivity (Wildman–Crippen MR) is 74.3 cm³/mol. The zero-order valence-corrected chi connectivity index (χ0v) is 11.2. The third-order valence-electron chi connectivity index (χ3n) is 2.88. The van der Waals surface area contributed by atoms with Crippen LogP contribution in [0.2, 0.25) is 0 Å². The fourth-order valence-corrected chi connectivity index (χ4v) is 2.67. The summed E-state index contributed by atoms with van der Waals surface area (Å²) in [6, 6.07) is 7.53. The summed E-state index contributed by atoms with van der Waals surface area (Å²) in [5, 5.41) is 12.2. The Morgan fingerprint density at radius 2 is 2.06 bits per heavy atom. The van der Waals surface area contributed by atoms with Crippen molar-refractivity contribution in [1.82, 2.24) is 4.98 Å². The van der Waals surface area contributed by atoms with Gasteiger partial charge in [0.25, 0.3) is 0 Å². The van der Waals surface area contributed by atoms with Crippen LogP contribution in [0.4, 0.5) is 0 Å². The molecule has 0 aliphatic carbocycles. The lowest BCUT2D eigenvalue weighted by Crippen LogP contribution is -2.01. The van der Waals surface area contributed by atoms with Gasteiger partial charge in [0.15, 0.2) is 0 Å². The molecule has 0 fully saturated rings. The number of nitrogens with zero attached hydrogens (tertiary/aromatic N) is 1. The molecule has 1 unspecified atom stereocenters. The number of aromatic carboxylic acids is 1. The van der Waals surface area contributed by atoms with Gasteiger partial charge in [-0.1, -0.05) is 38.1 Å². The summed E-state index contributed by atoms with van der Waals surface area (Å²) in [6.07, 6.45) is 2.51. The fourth-order valence-electron chi connectivity index (χ4n) is 1.70. The summed E-state index contributed by atoms with van der Waals surface area (Å²) in [4.78, 5) is 15.5. The van der Waals surface area contributed by atoms with E-state index in [2.05, 4.69) is 18.8 Å². The molecular formula is C14H15NO2S. The normalized spacial score (nSPS) is 12.6. The average molecular weight is 261 g/mol. The number of rotatable bonds is 4. The maximum atomic E-state index is 11.2. The summed E-state index contributed by atoms with van der Waals surface area (Å²) in [7, 11) is 0. The molecule has 0 bridgehead atoms. The Balaban J connectivity index is 2.57. The molecular weight excluding hydrogens is 246 g/mol. The first-order chi connectivity index (χ1) is 8.63. The highest BCUT2D eigenvalue weighted by Crippen LogP contribution is 2.31. The molecule has 1 atom stereocenters. The van der Waals surface area contributed by atoms with Gasteiger partial charge in [-0.15, -0.1) is 11.8 Å². The molecule has 1 aromatic carbocycles. The van der Waals surface area contributed by atoms with Crippen molar-refractivity contribution in [1.29, 1.82) is 0 Å². The largest absolute Gasteiger partial charge is 0.478 e. The van der Waals surface area contributed by atoms with Crippen LogP contribution in [0.5, 0.6) is 0 Å². The highest BCUT2D eigenvalue weighted by atomic mass is 32.2. The molecule has 2 aromatic rings. The van der Waals surface area contributed by atoms with Crippen molar-refractivity contribution < 1.29 is 9.90 Å². The molecule has 94 valence electrons. The SMILES string of the molecule is CCC(C)Sc1ncc(C(=O)O)c2ccccc12. The lowest BCUT2D eigenvalue weighted by molar-refractivity contribution is 0.0698. The van der Waals surface area contributed by atoms with Gasteiger partial charge in [0.05, 0.1) is 5.56 Å². The predicted octanol–water partition coefficient (Wildman–Crippen LogP) is 3.82. The first-order valence-electron chi connectivity index (χ1n) is 5.91. The molecule has 0 saturated heterocycles. The Morgan fingerprint density at radius 3 is 2.67 bits per heavy atom. The highest BCUT2D eigenvalue weighted by Gasteiger charge is 2.13. The Bertz CT molecular complexity index is 583. The minimum Gasteiger partial charge on any atom is -0.478 e. The molecule has 0 aliphatic rings. The number of thioether (sulfide) groups is 1. The van der Waals surface area contributed by atoms with Gasteiger partial charge in [-0.2, -0.15) is 0 Å². The summed E-state index contributed by atoms with van der Waals surface area (Å²) in [6.45, 7) is 4.28. The second kappa shape index (κ2) is 5.40. The van der Waals surface area contributed by atoms with Crippen molar-refractivity contribution in [3.8, 4) is 0 Å². The van der Waals surface area contributed by atoms with E-state index in [1.54, 1.807) is 11.8 Å². The average Bonchev–Trinajstić information content (AvgIpc) is 2.38. The number of carboxylic acids is 1. The van der Waals surface area contributed by atoms with Crippen molar-refractivity contribution in [2.24, 2.45) is 0 Å². The van der Waals surface area contributed by atoms with Crippen LogP contribution in [0.15, 0.2) is 35.5 Å². The third kappa shape index (κ3) is 2.48. The number of aromatic nitrogens is 1. The highest BCUT2D eigenvalue weighted by molar-refractivity contribution is 8.00. The number of benzene rings is 1. The van der Waals surface area contributed by atoms with Crippen molar-refractivity contribution >= 4 is 28.5 Å². The van der Waals surface area contributed by atoms with Crippen LogP contribution in [-0.4, -0.2) is 21.3 Å². The molecule has 4 heteroatoms. The van der Waals surface area contributed by atoms with E-state index < -0.39 is 5.97 Å². The molecule has 2 rings (SSSR count). The standard InChI is InChI=1S/C14H15NO2S/c1-3-9(2)18-13-11-7-5-4-6-10(11)12(8-15-13)14(16)17/h4-9H,3H2,1-2H3,(H,16,17). The quantitative estimate of drug-likeness (QED) is 0.850. The van der Waals surface area contributed by atoms with E-state index in [1.807, 2.05) is 24.3 Å². The molecule has 0 aliphatic heterocycles. The van der Waals surface area contributed by atoms with Crippen molar-refractivity contribution in [2.45, 2.75) is 30.5 Å². The summed E-state index contributed by atoms with van der Waals surface area (Å²) in [5.74, 6) is -0.932. The minimum absolute atomic E-state index is 0.263. The summed E-state index contributed by atoms with van der Waals surface area (Å²) >= 11 is 1.69. The van der Waals surface area contributed by atoms with Crippen LogP contribution in [-0.2, 0) is 0 Å². The second-order valence-corrected chi connectivity index (χ2v) is 5.59. The van der Waals surface area contributed by atoms with Gasteiger partial charge in [-0.05, 0) is 6.42 Å². The van der Waals surface area contributed by atoms with E-state index in [0.717, 1.165) is 22.2 Å². The van der Waals surface area contributed by atoms with Crippen LogP contribution >= 0.6 is 11.8 Å². The number of carbonyl (C=O) groups is 1. The zero-order valence-electron chi connectivity index (χ0n) is 10.4. The summed E-state index contributed by atoms with van der Waals surface area (Å²) < 4.78 is 0. The number of pyridine rings is 1. The number of hydrogen-bond donors (Lipinski definition) is 1. The van der Waals surface area contributed by atoms with E-state index in [9.17, 15) is 4.79 Å². The van der Waals surface area contributed by atoms with Crippen LogP contribution in [0, 0.1) is 0 Å². The van der Waals surface area contributed by atoms with Crippen LogP contribution < -0.4 is 0 Å². The van der Waals surface area contributed by atoms with Crippen molar-refractivity contribution in [2.75, 3.05) is 0 Å². The molecule has 0 saturated carbocycles. The second-order valence-electron chi connectivity index (χ2n) is 4.16. The maximum Gasteiger partial charge on any atom is 0.337 e. The Hall–Kier alpha value is -1.55. The van der Waals surface area contributed by atoms with E-state index in [-0.39, 0.29) is 5.56 Å². The smallest absolute Gasteiger partial charge is 0.337 e. The van der Waals surface area contributed by atoms with Gasteiger partial charge in [-0.3, -0.25) is 0 Å². The van der Waals surface area contributed by atoms with Gasteiger partial charge in [0, 0.05) is 22.2 Å². The number of hydrogen-bond acceptors (Lipinski definition) is 3. The van der Waals surface area contributed by atoms with Crippen molar-refractivity contribution in [3.63, 3.8) is 0 Å². The number of carboxylic acid groups (broad SMARTS) is 1. The molecule has 3 nitrogen and oxygen atoms in total. The molecule has 1 aromatic heterocycles. The van der Waals surface area contributed by atoms with E-state index in [0.29, 0.717) is 5.25 Å². The van der Waals surface area contributed by atoms with Crippen LogP contribution in [0.1, 0.15) is 30.6 Å². The molecule has 1 N–H and O–H groups in total. The van der Waals surface area contributed by atoms with E-state index in [1.165, 1.54) is 6.20 Å². The van der Waals surface area contributed by atoms with E-state index >= 15 is 0 Å². The topological polar surface area (TPSA) is 50.2 Å². The Morgan fingerprint density at radius 1 is 1.39 bits per heavy atom. The monoisotopic (exact) mass is 261 g/mol. The number of fused-ring (bicyclic) bond motifs is 1. The van der Waals surface area contributed by atoms with Crippen molar-refractivity contribution in [3.05, 3.63) is 36.0 Å². The van der Waals surface area contributed by atoms with Gasteiger partial charge < -0.3 is 5.11 Å². The first-order valence-corrected chi connectivity index (χ1v) is 6.79. The van der Waals surface area contributed by atoms with Crippen LogP contribution in [0.3, 0.4) is 0 Å². The molecule has 0 amide bonds. The zero-order chi connectivity index (χ0) is 13.1. The molecule has 18 heavy (non-hydrogen) atoms. The summed E-state index contributed by atoms with van der Waals surface area (Å²) in [5.41, 5.74) is 0.263. The molecule has 0 spiro atoms. The van der Waals surface area contributed by atoms with Crippen LogP contribution in [0.25, 0.3) is 10.8 Å². The molecule has 0 radical (unpaired) electrons. The van der Waals surface area contributed by atoms with Gasteiger partial charge in [0.1, 0.15) is 5.03 Å². The fraction of sp³-hybridized carbons (Fsp3) is 0.286. The lowest BCUT2D eigenvalue weighted by Gasteiger charge is -2.11. The maximum absolute atomic E-state index is 11.2. The third-order valence-corrected chi connectivity index (χ3v) is 4.16. The lowest BCUT2D eigenvalue weighted by atomic mass is 10.1.